The van der Waals surface area contributed by atoms with Crippen LogP contribution in [0.2, 0.25) is 0 Å². The van der Waals surface area contributed by atoms with E-state index in [1.165, 1.54) is 12.5 Å². The summed E-state index contributed by atoms with van der Waals surface area (Å²) in [6.45, 7) is 0.359. The molecule has 1 saturated carbocycles. The van der Waals surface area contributed by atoms with Crippen molar-refractivity contribution in [1.82, 2.24) is 20.6 Å². The summed E-state index contributed by atoms with van der Waals surface area (Å²) in [6.07, 6.45) is 6.37. The summed E-state index contributed by atoms with van der Waals surface area (Å²) in [5.41, 5.74) is 11.3. The molecule has 120 valence electrons. The van der Waals surface area contributed by atoms with Crippen LogP contribution in [0.4, 0.5) is 5.82 Å². The number of amides is 2. The molecule has 8 heteroatoms. The lowest BCUT2D eigenvalue weighted by molar-refractivity contribution is -0.121. The molecule has 2 amide bonds. The number of hydrogen-bond donors (Lipinski definition) is 4. The van der Waals surface area contributed by atoms with Crippen LogP contribution in [0.15, 0.2) is 12.5 Å². The normalized spacial score (nSPS) is 21.1. The number of nitrogen functional groups attached to an aromatic ring is 1. The molecule has 8 nitrogen and oxygen atoms in total. The lowest BCUT2D eigenvalue weighted by Crippen LogP contribution is -2.44. The van der Waals surface area contributed by atoms with Gasteiger partial charge in [0.2, 0.25) is 5.91 Å². The SMILES string of the molecule is NCCC(=O)NC1CCC(NC(=O)c2cncnc2N)CC1. The number of nitrogens with two attached hydrogens (primary N) is 2. The predicted octanol–water partition coefficient (Wildman–Crippen LogP) is -0.435. The first-order valence-corrected chi connectivity index (χ1v) is 7.46. The highest BCUT2D eigenvalue weighted by atomic mass is 16.2. The minimum atomic E-state index is -0.256. The van der Waals surface area contributed by atoms with Gasteiger partial charge in [0.1, 0.15) is 12.1 Å². The van der Waals surface area contributed by atoms with Crippen LogP contribution in [-0.4, -0.2) is 40.4 Å². The second kappa shape index (κ2) is 7.69. The van der Waals surface area contributed by atoms with Crippen molar-refractivity contribution in [2.24, 2.45) is 5.73 Å². The molecule has 1 heterocycles. The molecule has 1 fully saturated rings. The van der Waals surface area contributed by atoms with Crippen molar-refractivity contribution >= 4 is 17.6 Å². The first-order chi connectivity index (χ1) is 10.6. The molecule has 0 atom stereocenters. The maximum Gasteiger partial charge on any atom is 0.256 e. The monoisotopic (exact) mass is 306 g/mol. The number of rotatable bonds is 5. The molecule has 0 spiro atoms. The van der Waals surface area contributed by atoms with Crippen molar-refractivity contribution in [2.45, 2.75) is 44.2 Å². The van der Waals surface area contributed by atoms with Gasteiger partial charge in [0.25, 0.3) is 5.91 Å². The Morgan fingerprint density at radius 2 is 1.82 bits per heavy atom. The molecule has 0 unspecified atom stereocenters. The number of anilines is 1. The number of carbonyl (C=O) groups is 2. The van der Waals surface area contributed by atoms with E-state index in [-0.39, 0.29) is 29.7 Å². The molecule has 0 saturated heterocycles. The second-order valence-corrected chi connectivity index (χ2v) is 5.45. The Morgan fingerprint density at radius 1 is 1.18 bits per heavy atom. The zero-order valence-corrected chi connectivity index (χ0v) is 12.4. The molecule has 0 radical (unpaired) electrons. The van der Waals surface area contributed by atoms with Gasteiger partial charge in [-0.15, -0.1) is 0 Å². The number of aromatic nitrogens is 2. The van der Waals surface area contributed by atoms with Gasteiger partial charge in [0.15, 0.2) is 0 Å². The average Bonchev–Trinajstić information content (AvgIpc) is 2.50. The zero-order valence-electron chi connectivity index (χ0n) is 12.4. The Kier molecular flexibility index (Phi) is 5.65. The quantitative estimate of drug-likeness (QED) is 0.582. The van der Waals surface area contributed by atoms with E-state index in [0.29, 0.717) is 18.5 Å². The Bertz CT molecular complexity index is 528. The highest BCUT2D eigenvalue weighted by Crippen LogP contribution is 2.19. The molecule has 1 aromatic rings. The van der Waals surface area contributed by atoms with Crippen molar-refractivity contribution in [3.05, 3.63) is 18.1 Å². The van der Waals surface area contributed by atoms with Crippen LogP contribution in [0.5, 0.6) is 0 Å². The fourth-order valence-corrected chi connectivity index (χ4v) is 2.59. The molecule has 0 bridgehead atoms. The lowest BCUT2D eigenvalue weighted by atomic mass is 9.91. The Labute approximate surface area is 129 Å². The fourth-order valence-electron chi connectivity index (χ4n) is 2.59. The maximum absolute atomic E-state index is 12.1. The minimum Gasteiger partial charge on any atom is -0.383 e. The summed E-state index contributed by atoms with van der Waals surface area (Å²) in [5, 5.41) is 5.91. The zero-order chi connectivity index (χ0) is 15.9. The Balaban J connectivity index is 1.79. The van der Waals surface area contributed by atoms with Gasteiger partial charge < -0.3 is 22.1 Å². The van der Waals surface area contributed by atoms with Crippen LogP contribution < -0.4 is 22.1 Å². The third kappa shape index (κ3) is 4.39. The minimum absolute atomic E-state index is 0.0100. The van der Waals surface area contributed by atoms with Crippen molar-refractivity contribution in [3.8, 4) is 0 Å². The molecule has 22 heavy (non-hydrogen) atoms. The summed E-state index contributed by atoms with van der Waals surface area (Å²) in [6, 6.07) is 0.243. The summed E-state index contributed by atoms with van der Waals surface area (Å²) >= 11 is 0. The van der Waals surface area contributed by atoms with Crippen LogP contribution in [0.1, 0.15) is 42.5 Å². The summed E-state index contributed by atoms with van der Waals surface area (Å²) in [5.74, 6) is -0.0897. The molecular formula is C14H22N6O2. The number of hydrogen-bond acceptors (Lipinski definition) is 6. The van der Waals surface area contributed by atoms with Gasteiger partial charge in [-0.1, -0.05) is 0 Å². The van der Waals surface area contributed by atoms with Gasteiger partial charge in [-0.3, -0.25) is 9.59 Å². The van der Waals surface area contributed by atoms with E-state index in [9.17, 15) is 9.59 Å². The molecule has 1 aromatic heterocycles. The number of nitrogens with zero attached hydrogens (tertiary/aromatic N) is 2. The summed E-state index contributed by atoms with van der Waals surface area (Å²) in [7, 11) is 0. The highest BCUT2D eigenvalue weighted by molar-refractivity contribution is 5.98. The second-order valence-electron chi connectivity index (χ2n) is 5.45. The standard InChI is InChI=1S/C14H22N6O2/c15-6-5-12(21)19-9-1-3-10(4-2-9)20-14(22)11-7-17-8-18-13(11)16/h7-10H,1-6,15H2,(H,19,21)(H,20,22)(H2,16,17,18). The van der Waals surface area contributed by atoms with Gasteiger partial charge in [0, 0.05) is 31.2 Å². The smallest absolute Gasteiger partial charge is 0.256 e. The summed E-state index contributed by atoms with van der Waals surface area (Å²) < 4.78 is 0. The molecule has 2 rings (SSSR count). The Morgan fingerprint density at radius 3 is 2.41 bits per heavy atom. The van der Waals surface area contributed by atoms with Gasteiger partial charge in [-0.25, -0.2) is 9.97 Å². The van der Waals surface area contributed by atoms with E-state index in [1.54, 1.807) is 0 Å². The molecule has 0 aliphatic heterocycles. The lowest BCUT2D eigenvalue weighted by Gasteiger charge is -2.29. The molecular weight excluding hydrogens is 284 g/mol. The molecule has 0 aromatic carbocycles. The third-order valence-electron chi connectivity index (χ3n) is 3.79. The van der Waals surface area contributed by atoms with Gasteiger partial charge in [-0.2, -0.15) is 0 Å². The largest absolute Gasteiger partial charge is 0.383 e. The van der Waals surface area contributed by atoms with Crippen LogP contribution in [0, 0.1) is 0 Å². The molecule has 1 aliphatic rings. The van der Waals surface area contributed by atoms with Crippen molar-refractivity contribution in [1.29, 1.82) is 0 Å². The highest BCUT2D eigenvalue weighted by Gasteiger charge is 2.24. The fraction of sp³-hybridized carbons (Fsp3) is 0.571. The molecule has 1 aliphatic carbocycles. The van der Waals surface area contributed by atoms with E-state index in [0.717, 1.165) is 25.7 Å². The first-order valence-electron chi connectivity index (χ1n) is 7.46. The van der Waals surface area contributed by atoms with Crippen molar-refractivity contribution in [3.63, 3.8) is 0 Å². The van der Waals surface area contributed by atoms with E-state index < -0.39 is 0 Å². The Hall–Kier alpha value is -2.22. The number of nitrogens with one attached hydrogen (secondary N) is 2. The van der Waals surface area contributed by atoms with Crippen LogP contribution in [-0.2, 0) is 4.79 Å². The third-order valence-corrected chi connectivity index (χ3v) is 3.79. The topological polar surface area (TPSA) is 136 Å². The van der Waals surface area contributed by atoms with Crippen LogP contribution >= 0.6 is 0 Å². The van der Waals surface area contributed by atoms with E-state index in [1.807, 2.05) is 0 Å². The number of carbonyl (C=O) groups excluding carboxylic acids is 2. The van der Waals surface area contributed by atoms with Gasteiger partial charge in [-0.05, 0) is 25.7 Å². The van der Waals surface area contributed by atoms with E-state index in [4.69, 9.17) is 11.5 Å². The first kappa shape index (κ1) is 16.2. The van der Waals surface area contributed by atoms with Crippen molar-refractivity contribution < 1.29 is 9.59 Å². The predicted molar refractivity (Wildman–Crippen MR) is 81.8 cm³/mol. The van der Waals surface area contributed by atoms with E-state index in [2.05, 4.69) is 20.6 Å². The van der Waals surface area contributed by atoms with Gasteiger partial charge >= 0.3 is 0 Å². The van der Waals surface area contributed by atoms with Gasteiger partial charge in [0.05, 0.1) is 5.56 Å². The van der Waals surface area contributed by atoms with E-state index >= 15 is 0 Å². The maximum atomic E-state index is 12.1. The summed E-state index contributed by atoms with van der Waals surface area (Å²) in [4.78, 5) is 31.2. The van der Waals surface area contributed by atoms with Crippen LogP contribution in [0.25, 0.3) is 0 Å². The molecule has 6 N–H and O–H groups in total. The van der Waals surface area contributed by atoms with Crippen LogP contribution in [0.3, 0.4) is 0 Å². The average molecular weight is 306 g/mol. The van der Waals surface area contributed by atoms with Crippen molar-refractivity contribution in [2.75, 3.05) is 12.3 Å².